The molecule has 43 heavy (non-hydrogen) atoms. The fourth-order valence-electron chi connectivity index (χ4n) is 6.04. The van der Waals surface area contributed by atoms with E-state index in [1.165, 1.54) is 11.3 Å². The van der Waals surface area contributed by atoms with E-state index in [0.29, 0.717) is 40.7 Å². The highest BCUT2D eigenvalue weighted by atomic mass is 35.5. The average molecular weight is 618 g/mol. The summed E-state index contributed by atoms with van der Waals surface area (Å²) >= 11 is 7.52. The Morgan fingerprint density at radius 2 is 1.81 bits per heavy atom. The number of carbonyl (C=O) groups is 1. The molecular weight excluding hydrogens is 578 g/mol. The molecule has 1 fully saturated rings. The topological polar surface area (TPSA) is 75.4 Å². The van der Waals surface area contributed by atoms with Crippen LogP contribution in [0.3, 0.4) is 0 Å². The van der Waals surface area contributed by atoms with Gasteiger partial charge in [0.05, 0.1) is 22.5 Å². The van der Waals surface area contributed by atoms with Crippen LogP contribution in [0.25, 0.3) is 27.5 Å². The first kappa shape index (κ1) is 31.2. The molecule has 4 aromatic rings. The van der Waals surface area contributed by atoms with E-state index in [0.717, 1.165) is 59.4 Å². The summed E-state index contributed by atoms with van der Waals surface area (Å²) in [6.45, 7) is 9.64. The van der Waals surface area contributed by atoms with E-state index in [4.69, 9.17) is 16.6 Å². The lowest BCUT2D eigenvalue weighted by Crippen LogP contribution is -2.42. The Balaban J connectivity index is 1.78. The Kier molecular flexibility index (Phi) is 9.85. The van der Waals surface area contributed by atoms with Crippen LogP contribution < -0.4 is 5.56 Å². The summed E-state index contributed by atoms with van der Waals surface area (Å²) in [4.78, 5) is 35.9. The second kappa shape index (κ2) is 13.6. The van der Waals surface area contributed by atoms with Crippen molar-refractivity contribution in [3.8, 4) is 27.5 Å². The van der Waals surface area contributed by atoms with Crippen molar-refractivity contribution in [2.24, 2.45) is 11.8 Å². The molecule has 1 amide bonds. The zero-order valence-electron chi connectivity index (χ0n) is 25.4. The lowest BCUT2D eigenvalue weighted by Gasteiger charge is -2.33. The summed E-state index contributed by atoms with van der Waals surface area (Å²) in [5, 5.41) is 13.1. The van der Waals surface area contributed by atoms with Gasteiger partial charge >= 0.3 is 0 Å². The predicted molar refractivity (Wildman–Crippen MR) is 177 cm³/mol. The first-order valence-electron chi connectivity index (χ1n) is 15.3. The number of aliphatic hydroxyl groups is 1. The minimum atomic E-state index is -0.160. The molecule has 8 heteroatoms. The Morgan fingerprint density at radius 3 is 2.44 bits per heavy atom. The molecule has 3 heterocycles. The number of likely N-dealkylation sites (tertiary alicyclic amines) is 1. The molecule has 226 valence electrons. The van der Waals surface area contributed by atoms with Gasteiger partial charge in [0.25, 0.3) is 11.5 Å². The number of rotatable bonds is 9. The van der Waals surface area contributed by atoms with Gasteiger partial charge in [0, 0.05) is 41.4 Å². The molecule has 1 unspecified atom stereocenters. The van der Waals surface area contributed by atoms with Gasteiger partial charge in [-0.2, -0.15) is 0 Å². The van der Waals surface area contributed by atoms with Crippen molar-refractivity contribution in [3.63, 3.8) is 0 Å². The highest BCUT2D eigenvalue weighted by Gasteiger charge is 2.30. The Hall–Kier alpha value is -3.26. The number of aliphatic hydroxyl groups excluding tert-OH is 1. The monoisotopic (exact) mass is 617 g/mol. The normalized spacial score (nSPS) is 15.3. The first-order valence-corrected chi connectivity index (χ1v) is 16.5. The SMILES string of the molecule is CCc1cccc(CC)c1-n1c(CC(C)C)c(C(=O)N2CCCC(CO)C2)cc(-c2nc(-c3ccc(Cl)cc3)cs2)c1=O. The molecule has 2 aromatic carbocycles. The molecule has 6 nitrogen and oxygen atoms in total. The molecular formula is C35H40ClN3O3S. The third-order valence-corrected chi connectivity index (χ3v) is 9.39. The molecule has 1 atom stereocenters. The lowest BCUT2D eigenvalue weighted by atomic mass is 9.95. The van der Waals surface area contributed by atoms with Gasteiger partial charge in [-0.05, 0) is 73.3 Å². The van der Waals surface area contributed by atoms with Gasteiger partial charge in [-0.1, -0.05) is 69.6 Å². The van der Waals surface area contributed by atoms with Crippen molar-refractivity contribution in [1.82, 2.24) is 14.5 Å². The number of thiazole rings is 1. The third-order valence-electron chi connectivity index (χ3n) is 8.26. The van der Waals surface area contributed by atoms with Gasteiger partial charge in [0.1, 0.15) is 5.01 Å². The molecule has 2 aromatic heterocycles. The molecule has 0 saturated carbocycles. The van der Waals surface area contributed by atoms with Crippen molar-refractivity contribution >= 4 is 28.8 Å². The Bertz CT molecular complexity index is 1640. The summed E-state index contributed by atoms with van der Waals surface area (Å²) in [7, 11) is 0. The smallest absolute Gasteiger partial charge is 0.265 e. The zero-order chi connectivity index (χ0) is 30.7. The third kappa shape index (κ3) is 6.49. The van der Waals surface area contributed by atoms with Crippen LogP contribution in [0.5, 0.6) is 0 Å². The van der Waals surface area contributed by atoms with Crippen molar-refractivity contribution in [1.29, 1.82) is 0 Å². The number of halogens is 1. The van der Waals surface area contributed by atoms with Gasteiger partial charge in [0.15, 0.2) is 0 Å². The number of carbonyl (C=O) groups excluding carboxylic acids is 1. The number of nitrogens with zero attached hydrogens (tertiary/aromatic N) is 3. The quantitative estimate of drug-likeness (QED) is 0.212. The zero-order valence-corrected chi connectivity index (χ0v) is 27.0. The number of benzene rings is 2. The van der Waals surface area contributed by atoms with Crippen molar-refractivity contribution in [2.75, 3.05) is 19.7 Å². The van der Waals surface area contributed by atoms with Crippen LogP contribution in [0.15, 0.2) is 58.7 Å². The average Bonchev–Trinajstić information content (AvgIpc) is 3.51. The maximum Gasteiger partial charge on any atom is 0.265 e. The molecule has 1 aliphatic heterocycles. The summed E-state index contributed by atoms with van der Waals surface area (Å²) in [5.74, 6) is 0.181. The summed E-state index contributed by atoms with van der Waals surface area (Å²) in [6.07, 6.45) is 3.83. The van der Waals surface area contributed by atoms with E-state index < -0.39 is 0 Å². The second-order valence-corrected chi connectivity index (χ2v) is 13.1. The number of para-hydroxylation sites is 1. The van der Waals surface area contributed by atoms with E-state index in [2.05, 4.69) is 39.8 Å². The lowest BCUT2D eigenvalue weighted by molar-refractivity contribution is 0.0618. The standard InChI is InChI=1S/C35H40ClN3O3S/c1-5-24-10-7-11-25(6-2)32(24)39-31(17-22(3)4)28(34(41)38-16-8-9-23(19-38)20-40)18-29(35(39)42)33-37-30(21-43-33)26-12-14-27(36)15-13-26/h7,10-15,18,21-23,40H,5-6,8-9,16-17,19-20H2,1-4H3. The maximum atomic E-state index is 14.7. The van der Waals surface area contributed by atoms with Crippen LogP contribution in [-0.4, -0.2) is 45.2 Å². The van der Waals surface area contributed by atoms with Crippen LogP contribution >= 0.6 is 22.9 Å². The summed E-state index contributed by atoms with van der Waals surface area (Å²) < 4.78 is 1.83. The molecule has 1 N–H and O–H groups in total. The number of aromatic nitrogens is 2. The van der Waals surface area contributed by atoms with E-state index in [1.54, 1.807) is 6.07 Å². The number of amides is 1. The van der Waals surface area contributed by atoms with Crippen LogP contribution in [0, 0.1) is 11.8 Å². The van der Waals surface area contributed by atoms with Gasteiger partial charge in [-0.3, -0.25) is 14.2 Å². The Morgan fingerprint density at radius 1 is 1.12 bits per heavy atom. The molecule has 0 radical (unpaired) electrons. The molecule has 0 spiro atoms. The van der Waals surface area contributed by atoms with Gasteiger partial charge in [0.2, 0.25) is 0 Å². The van der Waals surface area contributed by atoms with Gasteiger partial charge in [-0.15, -0.1) is 11.3 Å². The number of aryl methyl sites for hydroxylation is 2. The minimum Gasteiger partial charge on any atom is -0.396 e. The molecule has 5 rings (SSSR count). The first-order chi connectivity index (χ1) is 20.7. The molecule has 0 bridgehead atoms. The van der Waals surface area contributed by atoms with Gasteiger partial charge in [-0.25, -0.2) is 4.98 Å². The Labute approximate surface area is 263 Å². The van der Waals surface area contributed by atoms with E-state index in [1.807, 2.05) is 45.2 Å². The number of pyridine rings is 1. The number of hydrogen-bond acceptors (Lipinski definition) is 5. The van der Waals surface area contributed by atoms with Crippen molar-refractivity contribution in [2.45, 2.75) is 59.8 Å². The highest BCUT2D eigenvalue weighted by Crippen LogP contribution is 2.32. The fraction of sp³-hybridized carbons (Fsp3) is 0.400. The van der Waals surface area contributed by atoms with E-state index in [-0.39, 0.29) is 29.9 Å². The van der Waals surface area contributed by atoms with Crippen molar-refractivity contribution in [3.05, 3.63) is 91.7 Å². The number of hydrogen-bond donors (Lipinski definition) is 1. The second-order valence-electron chi connectivity index (χ2n) is 11.8. The van der Waals surface area contributed by atoms with Crippen LogP contribution in [0.2, 0.25) is 5.02 Å². The highest BCUT2D eigenvalue weighted by molar-refractivity contribution is 7.13. The van der Waals surface area contributed by atoms with Crippen LogP contribution in [-0.2, 0) is 19.3 Å². The maximum absolute atomic E-state index is 14.7. The van der Waals surface area contributed by atoms with Crippen LogP contribution in [0.1, 0.15) is 67.7 Å². The van der Waals surface area contributed by atoms with E-state index in [9.17, 15) is 14.7 Å². The summed E-state index contributed by atoms with van der Waals surface area (Å²) in [5.41, 5.74) is 6.23. The summed E-state index contributed by atoms with van der Waals surface area (Å²) in [6, 6.07) is 15.5. The van der Waals surface area contributed by atoms with E-state index >= 15 is 0 Å². The van der Waals surface area contributed by atoms with Gasteiger partial charge < -0.3 is 10.0 Å². The molecule has 1 saturated heterocycles. The minimum absolute atomic E-state index is 0.0592. The number of piperidine rings is 1. The fourth-order valence-corrected chi connectivity index (χ4v) is 7.00. The molecule has 0 aliphatic carbocycles. The van der Waals surface area contributed by atoms with Crippen molar-refractivity contribution < 1.29 is 9.90 Å². The largest absolute Gasteiger partial charge is 0.396 e. The molecule has 1 aliphatic rings. The predicted octanol–water partition coefficient (Wildman–Crippen LogP) is 7.45. The van der Waals surface area contributed by atoms with Crippen LogP contribution in [0.4, 0.5) is 0 Å².